The topological polar surface area (TPSA) is 0 Å². The van der Waals surface area contributed by atoms with Crippen LogP contribution in [0.2, 0.25) is 5.02 Å². The molecule has 0 aliphatic rings. The molecule has 2 aromatic rings. The highest BCUT2D eigenvalue weighted by molar-refractivity contribution is 7.12. The van der Waals surface area contributed by atoms with Gasteiger partial charge < -0.3 is 0 Å². The van der Waals surface area contributed by atoms with Crippen LogP contribution in [0, 0.1) is 6.92 Å². The van der Waals surface area contributed by atoms with Gasteiger partial charge in [0.1, 0.15) is 0 Å². The molecule has 1 aromatic heterocycles. The molecule has 0 saturated carbocycles. The third-order valence-electron chi connectivity index (χ3n) is 2.79. The van der Waals surface area contributed by atoms with Gasteiger partial charge in [-0.3, -0.25) is 0 Å². The van der Waals surface area contributed by atoms with Gasteiger partial charge in [-0.25, -0.2) is 0 Å². The average Bonchev–Trinajstić information content (AvgIpc) is 2.76. The lowest BCUT2D eigenvalue weighted by molar-refractivity contribution is 1.15. The Bertz CT molecular complexity index is 517. The average molecular weight is 285 g/mol. The molecule has 3 heteroatoms. The van der Waals surface area contributed by atoms with E-state index in [1.165, 1.54) is 9.75 Å². The molecule has 0 aliphatic heterocycles. The number of aryl methyl sites for hydroxylation is 2. The molecule has 1 heterocycles. The highest BCUT2D eigenvalue weighted by Crippen LogP contribution is 2.36. The molecule has 90 valence electrons. The zero-order chi connectivity index (χ0) is 12.4. The molecule has 0 bridgehead atoms. The van der Waals surface area contributed by atoms with Gasteiger partial charge in [0, 0.05) is 14.8 Å². The smallest absolute Gasteiger partial charge is 0.0930 e. The van der Waals surface area contributed by atoms with Crippen LogP contribution in [-0.2, 0) is 6.42 Å². The molecule has 0 amide bonds. The number of rotatable bonds is 3. The zero-order valence-corrected chi connectivity index (χ0v) is 12.2. The van der Waals surface area contributed by atoms with Crippen LogP contribution in [0.1, 0.15) is 33.2 Å². The summed E-state index contributed by atoms with van der Waals surface area (Å²) in [6.45, 7) is 4.21. The monoisotopic (exact) mass is 284 g/mol. The fraction of sp³-hybridized carbons (Fsp3) is 0.286. The summed E-state index contributed by atoms with van der Waals surface area (Å²) in [7, 11) is 0. The van der Waals surface area contributed by atoms with Crippen molar-refractivity contribution in [3.05, 3.63) is 56.2 Å². The van der Waals surface area contributed by atoms with Crippen molar-refractivity contribution in [3.8, 4) is 0 Å². The second-order valence-corrected chi connectivity index (χ2v) is 6.09. The van der Waals surface area contributed by atoms with E-state index in [-0.39, 0.29) is 5.38 Å². The van der Waals surface area contributed by atoms with E-state index in [4.69, 9.17) is 23.2 Å². The van der Waals surface area contributed by atoms with E-state index in [1.807, 2.05) is 25.1 Å². The summed E-state index contributed by atoms with van der Waals surface area (Å²) >= 11 is 14.3. The molecular weight excluding hydrogens is 271 g/mol. The Kier molecular flexibility index (Phi) is 4.13. The Morgan fingerprint density at radius 3 is 2.59 bits per heavy atom. The quantitative estimate of drug-likeness (QED) is 0.644. The highest BCUT2D eigenvalue weighted by Gasteiger charge is 2.15. The maximum absolute atomic E-state index is 6.53. The molecule has 0 nitrogen and oxygen atoms in total. The van der Waals surface area contributed by atoms with Crippen LogP contribution in [0.5, 0.6) is 0 Å². The molecule has 17 heavy (non-hydrogen) atoms. The second kappa shape index (κ2) is 5.43. The molecule has 1 unspecified atom stereocenters. The molecule has 2 rings (SSSR count). The molecule has 0 aliphatic carbocycles. The van der Waals surface area contributed by atoms with Gasteiger partial charge in [0.05, 0.1) is 5.38 Å². The van der Waals surface area contributed by atoms with Crippen LogP contribution in [0.3, 0.4) is 0 Å². The maximum Gasteiger partial charge on any atom is 0.0930 e. The van der Waals surface area contributed by atoms with Crippen LogP contribution < -0.4 is 0 Å². The van der Waals surface area contributed by atoms with Crippen molar-refractivity contribution in [2.75, 3.05) is 0 Å². The third-order valence-corrected chi connectivity index (χ3v) is 4.91. The first-order chi connectivity index (χ1) is 8.11. The lowest BCUT2D eigenvalue weighted by atomic mass is 10.0. The van der Waals surface area contributed by atoms with E-state index in [1.54, 1.807) is 11.3 Å². The molecule has 1 atom stereocenters. The maximum atomic E-state index is 6.53. The number of thiophene rings is 1. The molecule has 1 aromatic carbocycles. The third kappa shape index (κ3) is 2.85. The summed E-state index contributed by atoms with van der Waals surface area (Å²) in [6, 6.07) is 10.1. The Balaban J connectivity index is 2.33. The van der Waals surface area contributed by atoms with Crippen molar-refractivity contribution < 1.29 is 0 Å². The van der Waals surface area contributed by atoms with Crippen LogP contribution in [0.15, 0.2) is 30.3 Å². The summed E-state index contributed by atoms with van der Waals surface area (Å²) in [5, 5.41) is 0.688. The second-order valence-electron chi connectivity index (χ2n) is 4.02. The molecule has 0 fully saturated rings. The van der Waals surface area contributed by atoms with Gasteiger partial charge in [-0.2, -0.15) is 0 Å². The highest BCUT2D eigenvalue weighted by atomic mass is 35.5. The van der Waals surface area contributed by atoms with Crippen molar-refractivity contribution in [2.45, 2.75) is 25.6 Å². The summed E-state index contributed by atoms with van der Waals surface area (Å²) < 4.78 is 0. The number of hydrogen-bond donors (Lipinski definition) is 0. The van der Waals surface area contributed by atoms with Gasteiger partial charge >= 0.3 is 0 Å². The van der Waals surface area contributed by atoms with Gasteiger partial charge in [0.15, 0.2) is 0 Å². The zero-order valence-electron chi connectivity index (χ0n) is 9.84. The van der Waals surface area contributed by atoms with E-state index in [0.29, 0.717) is 0 Å². The van der Waals surface area contributed by atoms with E-state index < -0.39 is 0 Å². The van der Waals surface area contributed by atoms with E-state index in [9.17, 15) is 0 Å². The summed E-state index contributed by atoms with van der Waals surface area (Å²) in [6.07, 6.45) is 1.06. The Labute approximate surface area is 116 Å². The minimum atomic E-state index is -0.0717. The van der Waals surface area contributed by atoms with Gasteiger partial charge in [-0.05, 0) is 48.7 Å². The Morgan fingerprint density at radius 2 is 2.00 bits per heavy atom. The SMILES string of the molecule is CCc1ccc(C(Cl)c2ccc(Cl)cc2C)s1. The standard InChI is InChI=1S/C14H14Cl2S/c1-3-11-5-7-13(17-11)14(16)12-6-4-10(15)8-9(12)2/h4-8,14H,3H2,1-2H3. The molecule has 0 spiro atoms. The van der Waals surface area contributed by atoms with E-state index >= 15 is 0 Å². The van der Waals surface area contributed by atoms with E-state index in [0.717, 1.165) is 22.6 Å². The lowest BCUT2D eigenvalue weighted by Crippen LogP contribution is -1.93. The predicted molar refractivity (Wildman–Crippen MR) is 77.6 cm³/mol. The lowest BCUT2D eigenvalue weighted by Gasteiger charge is -2.11. The van der Waals surface area contributed by atoms with Gasteiger partial charge in [0.25, 0.3) is 0 Å². The first kappa shape index (κ1) is 12.9. The molecule has 0 radical (unpaired) electrons. The molecule has 0 N–H and O–H groups in total. The van der Waals surface area contributed by atoms with Gasteiger partial charge in [-0.15, -0.1) is 22.9 Å². The number of benzene rings is 1. The normalized spacial score (nSPS) is 12.7. The van der Waals surface area contributed by atoms with Gasteiger partial charge in [-0.1, -0.05) is 24.6 Å². The number of hydrogen-bond acceptors (Lipinski definition) is 1. The predicted octanol–water partition coefficient (Wildman–Crippen LogP) is 5.60. The molecule has 0 saturated heterocycles. The summed E-state index contributed by atoms with van der Waals surface area (Å²) in [4.78, 5) is 2.58. The summed E-state index contributed by atoms with van der Waals surface area (Å²) in [5.41, 5.74) is 2.28. The fourth-order valence-corrected chi connectivity index (χ4v) is 3.43. The van der Waals surface area contributed by atoms with Crippen LogP contribution in [0.4, 0.5) is 0 Å². The van der Waals surface area contributed by atoms with E-state index in [2.05, 4.69) is 19.1 Å². The van der Waals surface area contributed by atoms with Crippen LogP contribution >= 0.6 is 34.5 Å². The fourth-order valence-electron chi connectivity index (χ4n) is 1.80. The summed E-state index contributed by atoms with van der Waals surface area (Å²) in [5.74, 6) is 0. The van der Waals surface area contributed by atoms with Crippen molar-refractivity contribution >= 4 is 34.5 Å². The van der Waals surface area contributed by atoms with Crippen molar-refractivity contribution in [1.82, 2.24) is 0 Å². The minimum absolute atomic E-state index is 0.0717. The van der Waals surface area contributed by atoms with Crippen LogP contribution in [0.25, 0.3) is 0 Å². The molecular formula is C14H14Cl2S. The largest absolute Gasteiger partial charge is 0.143 e. The first-order valence-corrected chi connectivity index (χ1v) is 7.23. The van der Waals surface area contributed by atoms with Crippen LogP contribution in [-0.4, -0.2) is 0 Å². The first-order valence-electron chi connectivity index (χ1n) is 5.60. The Morgan fingerprint density at radius 1 is 1.24 bits per heavy atom. The number of alkyl halides is 1. The minimum Gasteiger partial charge on any atom is -0.143 e. The number of halogens is 2. The van der Waals surface area contributed by atoms with Crippen molar-refractivity contribution in [2.24, 2.45) is 0 Å². The Hall–Kier alpha value is -0.500. The van der Waals surface area contributed by atoms with Crippen molar-refractivity contribution in [1.29, 1.82) is 0 Å². The van der Waals surface area contributed by atoms with Gasteiger partial charge in [0.2, 0.25) is 0 Å². The van der Waals surface area contributed by atoms with Crippen molar-refractivity contribution in [3.63, 3.8) is 0 Å².